The van der Waals surface area contributed by atoms with Gasteiger partial charge in [-0.3, -0.25) is 14.5 Å². The molecular weight excluding hydrogens is 672 g/mol. The van der Waals surface area contributed by atoms with Crippen molar-refractivity contribution in [3.8, 4) is 40.0 Å². The van der Waals surface area contributed by atoms with Crippen LogP contribution in [0.25, 0.3) is 22.4 Å². The summed E-state index contributed by atoms with van der Waals surface area (Å²) in [4.78, 5) is 39.0. The first-order valence-electron chi connectivity index (χ1n) is 17.3. The van der Waals surface area contributed by atoms with Crippen molar-refractivity contribution in [3.63, 3.8) is 0 Å². The van der Waals surface area contributed by atoms with Crippen molar-refractivity contribution in [1.82, 2.24) is 30.5 Å². The van der Waals surface area contributed by atoms with Gasteiger partial charge in [0.15, 0.2) is 0 Å². The number of fused-ring (bicyclic) bond motifs is 1. The Morgan fingerprint density at radius 1 is 1.00 bits per heavy atom. The largest absolute Gasteiger partial charge is 0.481 e. The standard InChI is InChI=1S/C38H41ClN6O6/c1-49-36-22(17-40-18-24-10-14-33(46)42-24)9-12-30(43-36)29-8-4-7-28(35(29)39)25-5-3-6-27-26(25)11-13-32(27)51-34-19-41-31(37(44-34)50-2)21-45-16-15-23(20-45)38(47)48/h3-9,12,19,23-24,32,40H,10-11,13-18,20-21H2,1-2H3,(H,42,46)(H,47,48)/t23-,24+,32+/m1/s1. The summed E-state index contributed by atoms with van der Waals surface area (Å²) in [5.74, 6) is 0.229. The van der Waals surface area contributed by atoms with Crippen molar-refractivity contribution in [2.24, 2.45) is 5.92 Å². The van der Waals surface area contributed by atoms with E-state index in [0.717, 1.165) is 47.1 Å². The highest BCUT2D eigenvalue weighted by Crippen LogP contribution is 2.44. The number of nitrogens with one attached hydrogen (secondary N) is 2. The number of carboxylic acid groups (broad SMARTS) is 1. The highest BCUT2D eigenvalue weighted by atomic mass is 35.5. The summed E-state index contributed by atoms with van der Waals surface area (Å²) in [6.45, 7) is 2.87. The van der Waals surface area contributed by atoms with Crippen molar-refractivity contribution in [1.29, 1.82) is 0 Å². The highest BCUT2D eigenvalue weighted by molar-refractivity contribution is 6.36. The van der Waals surface area contributed by atoms with E-state index in [-0.39, 0.29) is 24.0 Å². The van der Waals surface area contributed by atoms with E-state index in [2.05, 4.69) is 37.6 Å². The number of ether oxygens (including phenoxy) is 3. The molecule has 4 heterocycles. The van der Waals surface area contributed by atoms with Gasteiger partial charge in [0, 0.05) is 55.3 Å². The molecule has 1 amide bonds. The van der Waals surface area contributed by atoms with Gasteiger partial charge in [-0.25, -0.2) is 9.97 Å². The second-order valence-corrected chi connectivity index (χ2v) is 13.6. The van der Waals surface area contributed by atoms with Crippen LogP contribution < -0.4 is 24.8 Å². The number of likely N-dealkylation sites (tertiary alicyclic amines) is 1. The Labute approximate surface area is 301 Å². The number of aliphatic carboxylic acids is 1. The SMILES string of the molecule is COc1nc(-c2cccc(-c3cccc4c3CC[C@@H]4Oc3cnc(CN4CC[C@@H](C(=O)O)C4)c(OC)n3)c2Cl)ccc1CNC[C@@H]1CCC(=O)N1. The lowest BCUT2D eigenvalue weighted by molar-refractivity contribution is -0.141. The third kappa shape index (κ3) is 7.49. The molecule has 4 aromatic rings. The van der Waals surface area contributed by atoms with E-state index in [1.165, 1.54) is 5.56 Å². The molecule has 1 aliphatic carbocycles. The molecule has 0 saturated carbocycles. The summed E-state index contributed by atoms with van der Waals surface area (Å²) in [6, 6.07) is 16.3. The molecule has 266 valence electrons. The lowest BCUT2D eigenvalue weighted by atomic mass is 9.94. The van der Waals surface area contributed by atoms with Crippen molar-refractivity contribution >= 4 is 23.5 Å². The van der Waals surface area contributed by atoms with E-state index < -0.39 is 5.97 Å². The van der Waals surface area contributed by atoms with E-state index in [4.69, 9.17) is 30.8 Å². The normalized spacial score (nSPS) is 19.9. The number of hydrogen-bond donors (Lipinski definition) is 3. The lowest BCUT2D eigenvalue weighted by Gasteiger charge is -2.18. The van der Waals surface area contributed by atoms with Gasteiger partial charge in [-0.15, -0.1) is 0 Å². The molecule has 2 fully saturated rings. The summed E-state index contributed by atoms with van der Waals surface area (Å²) >= 11 is 7.16. The Bertz CT molecular complexity index is 1940. The molecule has 3 N–H and O–H groups in total. The fourth-order valence-corrected chi connectivity index (χ4v) is 7.64. The Hall–Kier alpha value is -4.78. The number of hydrogen-bond acceptors (Lipinski definition) is 10. The molecular formula is C38H41ClN6O6. The number of methoxy groups -OCH3 is 2. The van der Waals surface area contributed by atoms with Crippen LogP contribution in [0.1, 0.15) is 54.2 Å². The Morgan fingerprint density at radius 3 is 2.57 bits per heavy atom. The van der Waals surface area contributed by atoms with E-state index >= 15 is 0 Å². The monoisotopic (exact) mass is 712 g/mol. The molecule has 2 saturated heterocycles. The number of halogens is 1. The topological polar surface area (TPSA) is 148 Å². The first-order chi connectivity index (χ1) is 24.8. The second kappa shape index (κ2) is 15.2. The van der Waals surface area contributed by atoms with Crippen LogP contribution >= 0.6 is 11.6 Å². The van der Waals surface area contributed by atoms with Gasteiger partial charge < -0.3 is 30.0 Å². The molecule has 51 heavy (non-hydrogen) atoms. The maximum Gasteiger partial charge on any atom is 0.307 e. The number of aromatic nitrogens is 3. The highest BCUT2D eigenvalue weighted by Gasteiger charge is 2.31. The van der Waals surface area contributed by atoms with Crippen molar-refractivity contribution in [3.05, 3.63) is 82.1 Å². The average Bonchev–Trinajstić information content (AvgIpc) is 3.89. The van der Waals surface area contributed by atoms with Crippen LogP contribution in [0.5, 0.6) is 17.6 Å². The number of carbonyl (C=O) groups is 2. The van der Waals surface area contributed by atoms with Gasteiger partial charge in [0.05, 0.1) is 37.1 Å². The zero-order valence-corrected chi connectivity index (χ0v) is 29.4. The Morgan fingerprint density at radius 2 is 1.80 bits per heavy atom. The number of pyridine rings is 1. The van der Waals surface area contributed by atoms with E-state index in [9.17, 15) is 14.7 Å². The predicted molar refractivity (Wildman–Crippen MR) is 191 cm³/mol. The molecule has 0 radical (unpaired) electrons. The Balaban J connectivity index is 1.06. The number of benzene rings is 2. The van der Waals surface area contributed by atoms with Gasteiger partial charge in [-0.1, -0.05) is 54.1 Å². The first kappa shape index (κ1) is 34.7. The van der Waals surface area contributed by atoms with Gasteiger partial charge in [-0.05, 0) is 55.0 Å². The fraction of sp³-hybridized carbons (Fsp3) is 0.395. The van der Waals surface area contributed by atoms with Crippen LogP contribution in [-0.2, 0) is 29.1 Å². The molecule has 0 bridgehead atoms. The van der Waals surface area contributed by atoms with Gasteiger partial charge in [-0.2, -0.15) is 4.98 Å². The summed E-state index contributed by atoms with van der Waals surface area (Å²) in [7, 11) is 3.16. The van der Waals surface area contributed by atoms with Crippen LogP contribution in [0.2, 0.25) is 5.02 Å². The molecule has 12 nitrogen and oxygen atoms in total. The second-order valence-electron chi connectivity index (χ2n) is 13.2. The Kier molecular flexibility index (Phi) is 10.3. The van der Waals surface area contributed by atoms with Crippen LogP contribution in [0.4, 0.5) is 0 Å². The smallest absolute Gasteiger partial charge is 0.307 e. The zero-order valence-electron chi connectivity index (χ0n) is 28.7. The number of nitrogens with zero attached hydrogens (tertiary/aromatic N) is 4. The van der Waals surface area contributed by atoms with Gasteiger partial charge in [0.1, 0.15) is 11.8 Å². The zero-order chi connectivity index (χ0) is 35.5. The molecule has 3 aliphatic rings. The third-order valence-electron chi connectivity index (χ3n) is 9.94. The summed E-state index contributed by atoms with van der Waals surface area (Å²) < 4.78 is 17.6. The number of carbonyl (C=O) groups excluding carboxylic acids is 1. The molecule has 2 aliphatic heterocycles. The number of carboxylic acids is 1. The molecule has 13 heteroatoms. The lowest BCUT2D eigenvalue weighted by Crippen LogP contribution is -2.35. The van der Waals surface area contributed by atoms with Crippen molar-refractivity contribution < 1.29 is 28.9 Å². The van der Waals surface area contributed by atoms with Crippen LogP contribution in [0, 0.1) is 5.92 Å². The van der Waals surface area contributed by atoms with Crippen LogP contribution in [-0.4, -0.2) is 76.7 Å². The van der Waals surface area contributed by atoms with Gasteiger partial charge in [0.25, 0.3) is 0 Å². The summed E-state index contributed by atoms with van der Waals surface area (Å²) in [5, 5.41) is 16.3. The minimum absolute atomic E-state index is 0.102. The molecule has 7 rings (SSSR count). The van der Waals surface area contributed by atoms with Crippen LogP contribution in [0.3, 0.4) is 0 Å². The van der Waals surface area contributed by atoms with E-state index in [1.54, 1.807) is 20.4 Å². The molecule has 2 aromatic heterocycles. The summed E-state index contributed by atoms with van der Waals surface area (Å²) in [5.41, 5.74) is 7.28. The van der Waals surface area contributed by atoms with E-state index in [0.29, 0.717) is 79.6 Å². The average molecular weight is 713 g/mol. The summed E-state index contributed by atoms with van der Waals surface area (Å²) in [6.07, 6.45) is 4.99. The maximum absolute atomic E-state index is 11.5. The van der Waals surface area contributed by atoms with Crippen molar-refractivity contribution in [2.45, 2.75) is 57.3 Å². The van der Waals surface area contributed by atoms with Crippen molar-refractivity contribution in [2.75, 3.05) is 33.9 Å². The van der Waals surface area contributed by atoms with Gasteiger partial charge in [0.2, 0.25) is 23.5 Å². The van der Waals surface area contributed by atoms with Crippen LogP contribution in [0.15, 0.2) is 54.7 Å². The number of amides is 1. The maximum atomic E-state index is 11.5. The first-order valence-corrected chi connectivity index (χ1v) is 17.7. The molecule has 0 spiro atoms. The number of rotatable bonds is 13. The molecule has 3 atom stereocenters. The fourth-order valence-electron chi connectivity index (χ4n) is 7.32. The van der Waals surface area contributed by atoms with Gasteiger partial charge >= 0.3 is 5.97 Å². The molecule has 0 unspecified atom stereocenters. The predicted octanol–water partition coefficient (Wildman–Crippen LogP) is 5.22. The third-order valence-corrected chi connectivity index (χ3v) is 10.4. The quantitative estimate of drug-likeness (QED) is 0.168. The van der Waals surface area contributed by atoms with E-state index in [1.807, 2.05) is 36.4 Å². The molecule has 2 aromatic carbocycles. The minimum atomic E-state index is -0.768. The minimum Gasteiger partial charge on any atom is -0.481 e.